The summed E-state index contributed by atoms with van der Waals surface area (Å²) in [7, 11) is 0. The maximum absolute atomic E-state index is 12.0. The molecule has 3 rings (SSSR count). The Hall–Kier alpha value is -2.85. The van der Waals surface area contributed by atoms with Gasteiger partial charge in [0.15, 0.2) is 0 Å². The minimum atomic E-state index is -0.400. The van der Waals surface area contributed by atoms with E-state index in [-0.39, 0.29) is 10.8 Å². The number of phenolic OH excluding ortho intramolecular Hbond substituents is 1. The number of benzene rings is 3. The number of amides is 1. The first-order valence-corrected chi connectivity index (χ1v) is 7.32. The van der Waals surface area contributed by atoms with Crippen molar-refractivity contribution in [3.05, 3.63) is 76.8 Å². The third-order valence-corrected chi connectivity index (χ3v) is 3.71. The third kappa shape index (κ3) is 3.33. The van der Waals surface area contributed by atoms with Crippen molar-refractivity contribution in [1.29, 1.82) is 0 Å². The highest BCUT2D eigenvalue weighted by atomic mass is 35.5. The molecule has 4 nitrogen and oxygen atoms in total. The van der Waals surface area contributed by atoms with E-state index in [1.54, 1.807) is 6.21 Å². The number of carbonyl (C=O) groups is 1. The minimum absolute atomic E-state index is 0.0672. The summed E-state index contributed by atoms with van der Waals surface area (Å²) in [6.45, 7) is 0. The van der Waals surface area contributed by atoms with Crippen LogP contribution in [0.4, 0.5) is 0 Å². The number of fused-ring (bicyclic) bond motifs is 1. The number of carbonyl (C=O) groups excluding carboxylic acids is 1. The van der Waals surface area contributed by atoms with Gasteiger partial charge in [-0.3, -0.25) is 4.79 Å². The van der Waals surface area contributed by atoms with E-state index >= 15 is 0 Å². The van der Waals surface area contributed by atoms with Gasteiger partial charge in [0.2, 0.25) is 0 Å². The number of hydrogen-bond donors (Lipinski definition) is 2. The van der Waals surface area contributed by atoms with Gasteiger partial charge in [-0.25, -0.2) is 5.43 Å². The monoisotopic (exact) mass is 324 g/mol. The van der Waals surface area contributed by atoms with E-state index < -0.39 is 5.91 Å². The largest absolute Gasteiger partial charge is 0.506 e. The SMILES string of the molecule is O=C(N/N=C/c1cccc2ccccc12)c1ccc(O)c(Cl)c1. The number of nitrogens with zero attached hydrogens (tertiary/aromatic N) is 1. The van der Waals surface area contributed by atoms with Crippen molar-refractivity contribution in [3.8, 4) is 5.75 Å². The highest BCUT2D eigenvalue weighted by Crippen LogP contribution is 2.23. The number of rotatable bonds is 3. The van der Waals surface area contributed by atoms with Crippen LogP contribution in [0.25, 0.3) is 10.8 Å². The van der Waals surface area contributed by atoms with E-state index in [9.17, 15) is 9.90 Å². The molecule has 2 N–H and O–H groups in total. The summed E-state index contributed by atoms with van der Waals surface area (Å²) in [5.41, 5.74) is 3.68. The number of hydrogen-bond acceptors (Lipinski definition) is 3. The van der Waals surface area contributed by atoms with Crippen molar-refractivity contribution in [2.45, 2.75) is 0 Å². The molecule has 23 heavy (non-hydrogen) atoms. The van der Waals surface area contributed by atoms with Crippen LogP contribution in [-0.4, -0.2) is 17.2 Å². The molecule has 0 fully saturated rings. The molecule has 0 spiro atoms. The smallest absolute Gasteiger partial charge is 0.271 e. The molecule has 0 heterocycles. The topological polar surface area (TPSA) is 61.7 Å². The lowest BCUT2D eigenvalue weighted by molar-refractivity contribution is 0.0955. The Bertz CT molecular complexity index is 901. The zero-order chi connectivity index (χ0) is 16.2. The Morgan fingerprint density at radius 2 is 1.87 bits per heavy atom. The molecule has 0 aromatic heterocycles. The molecule has 0 aliphatic rings. The Labute approximate surface area is 138 Å². The van der Waals surface area contributed by atoms with Crippen LogP contribution in [0.1, 0.15) is 15.9 Å². The van der Waals surface area contributed by atoms with Gasteiger partial charge >= 0.3 is 0 Å². The Balaban J connectivity index is 1.77. The Kier molecular flexibility index (Phi) is 4.26. The zero-order valence-electron chi connectivity index (χ0n) is 12.0. The molecule has 0 atom stereocenters. The van der Waals surface area contributed by atoms with Gasteiger partial charge in [-0.1, -0.05) is 54.1 Å². The van der Waals surface area contributed by atoms with Crippen molar-refractivity contribution >= 4 is 34.5 Å². The maximum Gasteiger partial charge on any atom is 0.271 e. The first kappa shape index (κ1) is 15.1. The van der Waals surface area contributed by atoms with Gasteiger partial charge in [0.1, 0.15) is 5.75 Å². The highest BCUT2D eigenvalue weighted by Gasteiger charge is 2.07. The number of phenols is 1. The van der Waals surface area contributed by atoms with Crippen LogP contribution >= 0.6 is 11.6 Å². The van der Waals surface area contributed by atoms with Crippen LogP contribution in [0.15, 0.2) is 65.8 Å². The van der Waals surface area contributed by atoms with Crippen LogP contribution in [0.3, 0.4) is 0 Å². The summed E-state index contributed by atoms with van der Waals surface area (Å²) in [5, 5.41) is 15.6. The first-order valence-electron chi connectivity index (χ1n) is 6.95. The molecule has 114 valence electrons. The highest BCUT2D eigenvalue weighted by molar-refractivity contribution is 6.32. The minimum Gasteiger partial charge on any atom is -0.506 e. The summed E-state index contributed by atoms with van der Waals surface area (Å²) < 4.78 is 0. The van der Waals surface area contributed by atoms with Crippen LogP contribution in [-0.2, 0) is 0 Å². The fraction of sp³-hybridized carbons (Fsp3) is 0. The number of halogens is 1. The van der Waals surface area contributed by atoms with Crippen molar-refractivity contribution in [3.63, 3.8) is 0 Å². The molecule has 0 saturated heterocycles. The molecule has 3 aromatic carbocycles. The molecule has 5 heteroatoms. The quantitative estimate of drug-likeness (QED) is 0.566. The molecular formula is C18H13ClN2O2. The normalized spacial score (nSPS) is 11.0. The van der Waals surface area contributed by atoms with Gasteiger partial charge < -0.3 is 5.11 Å². The first-order chi connectivity index (χ1) is 11.1. The standard InChI is InChI=1S/C18H13ClN2O2/c19-16-10-13(8-9-17(16)22)18(23)21-20-11-14-6-3-5-12-4-1-2-7-15(12)14/h1-11,22H,(H,21,23)/b20-11+. The predicted octanol–water partition coefficient (Wildman–Crippen LogP) is 3.96. The molecule has 0 saturated carbocycles. The van der Waals surface area contributed by atoms with E-state index in [1.165, 1.54) is 18.2 Å². The molecule has 0 radical (unpaired) electrons. The second-order valence-electron chi connectivity index (χ2n) is 4.93. The lowest BCUT2D eigenvalue weighted by Crippen LogP contribution is -2.17. The van der Waals surface area contributed by atoms with Gasteiger partial charge in [0.05, 0.1) is 11.2 Å². The zero-order valence-corrected chi connectivity index (χ0v) is 12.8. The van der Waals surface area contributed by atoms with E-state index in [1.807, 2.05) is 42.5 Å². The summed E-state index contributed by atoms with van der Waals surface area (Å²) >= 11 is 5.78. The Morgan fingerprint density at radius 3 is 2.70 bits per heavy atom. The van der Waals surface area contributed by atoms with Crippen LogP contribution < -0.4 is 5.43 Å². The van der Waals surface area contributed by atoms with Crippen molar-refractivity contribution in [2.24, 2.45) is 5.10 Å². The van der Waals surface area contributed by atoms with Gasteiger partial charge in [0, 0.05) is 11.1 Å². The van der Waals surface area contributed by atoms with E-state index in [4.69, 9.17) is 11.6 Å². The van der Waals surface area contributed by atoms with Gasteiger partial charge in [-0.05, 0) is 29.0 Å². The third-order valence-electron chi connectivity index (χ3n) is 3.40. The second kappa shape index (κ2) is 6.50. The average Bonchev–Trinajstić information content (AvgIpc) is 2.57. The number of nitrogens with one attached hydrogen (secondary N) is 1. The van der Waals surface area contributed by atoms with Crippen molar-refractivity contribution < 1.29 is 9.90 Å². The molecular weight excluding hydrogens is 312 g/mol. The predicted molar refractivity (Wildman–Crippen MR) is 92.1 cm³/mol. The van der Waals surface area contributed by atoms with Gasteiger partial charge in [0.25, 0.3) is 5.91 Å². The van der Waals surface area contributed by atoms with E-state index in [0.29, 0.717) is 5.56 Å². The van der Waals surface area contributed by atoms with Gasteiger partial charge in [-0.2, -0.15) is 5.10 Å². The van der Waals surface area contributed by atoms with Crippen LogP contribution in [0.5, 0.6) is 5.75 Å². The molecule has 0 bridgehead atoms. The lowest BCUT2D eigenvalue weighted by Gasteiger charge is -2.03. The second-order valence-corrected chi connectivity index (χ2v) is 5.34. The summed E-state index contributed by atoms with van der Waals surface area (Å²) in [6, 6.07) is 18.1. The summed E-state index contributed by atoms with van der Waals surface area (Å²) in [5.74, 6) is -0.467. The molecule has 0 aliphatic carbocycles. The average molecular weight is 325 g/mol. The number of hydrazone groups is 1. The summed E-state index contributed by atoms with van der Waals surface area (Å²) in [6.07, 6.45) is 1.60. The fourth-order valence-electron chi connectivity index (χ4n) is 2.24. The molecule has 3 aromatic rings. The van der Waals surface area contributed by atoms with Gasteiger partial charge in [-0.15, -0.1) is 0 Å². The molecule has 0 unspecified atom stereocenters. The lowest BCUT2D eigenvalue weighted by atomic mass is 10.1. The van der Waals surface area contributed by atoms with E-state index in [2.05, 4.69) is 10.5 Å². The van der Waals surface area contributed by atoms with Crippen LogP contribution in [0, 0.1) is 0 Å². The van der Waals surface area contributed by atoms with Crippen molar-refractivity contribution in [1.82, 2.24) is 5.43 Å². The molecule has 1 amide bonds. The number of aromatic hydroxyl groups is 1. The van der Waals surface area contributed by atoms with Crippen LogP contribution in [0.2, 0.25) is 5.02 Å². The van der Waals surface area contributed by atoms with Crippen molar-refractivity contribution in [2.75, 3.05) is 0 Å². The maximum atomic E-state index is 12.0. The summed E-state index contributed by atoms with van der Waals surface area (Å²) in [4.78, 5) is 12.0. The molecule has 0 aliphatic heterocycles. The Morgan fingerprint density at radius 1 is 1.09 bits per heavy atom. The fourth-order valence-corrected chi connectivity index (χ4v) is 2.42. The van der Waals surface area contributed by atoms with E-state index in [0.717, 1.165) is 16.3 Å².